The quantitative estimate of drug-likeness (QED) is 0.602. The van der Waals surface area contributed by atoms with Gasteiger partial charge in [0.15, 0.2) is 0 Å². The van der Waals surface area contributed by atoms with E-state index < -0.39 is 0 Å². The van der Waals surface area contributed by atoms with Crippen LogP contribution in [-0.2, 0) is 0 Å². The summed E-state index contributed by atoms with van der Waals surface area (Å²) in [4.78, 5) is 11.4. The number of halogens is 1. The van der Waals surface area contributed by atoms with Crippen LogP contribution in [0.2, 0.25) is 0 Å². The Morgan fingerprint density at radius 1 is 1.40 bits per heavy atom. The van der Waals surface area contributed by atoms with Crippen molar-refractivity contribution in [3.05, 3.63) is 29.8 Å². The number of amides is 2. The Labute approximate surface area is 94.8 Å². The van der Waals surface area contributed by atoms with E-state index in [1.165, 1.54) is 0 Å². The third-order valence-electron chi connectivity index (χ3n) is 1.99. The first-order valence-electron chi connectivity index (χ1n) is 4.90. The molecular weight excluding hydrogens is 212 g/mol. The number of hydrogen-bond donors (Lipinski definition) is 2. The molecule has 1 rings (SSSR count). The van der Waals surface area contributed by atoms with Gasteiger partial charge in [0.05, 0.1) is 0 Å². The van der Waals surface area contributed by atoms with Crippen molar-refractivity contribution < 1.29 is 4.79 Å². The van der Waals surface area contributed by atoms with Crippen LogP contribution in [0.3, 0.4) is 0 Å². The summed E-state index contributed by atoms with van der Waals surface area (Å²) in [6, 6.07) is 7.47. The Morgan fingerprint density at radius 3 is 2.80 bits per heavy atom. The highest BCUT2D eigenvalue weighted by Gasteiger charge is 2.01. The molecule has 15 heavy (non-hydrogen) atoms. The summed E-state index contributed by atoms with van der Waals surface area (Å²) in [7, 11) is 0. The van der Waals surface area contributed by atoms with E-state index in [1.54, 1.807) is 0 Å². The first-order chi connectivity index (χ1) is 7.24. The van der Waals surface area contributed by atoms with Crippen LogP contribution in [0.5, 0.6) is 0 Å². The average molecular weight is 227 g/mol. The Bertz CT molecular complexity index is 328. The monoisotopic (exact) mass is 226 g/mol. The van der Waals surface area contributed by atoms with Crippen molar-refractivity contribution in [3.8, 4) is 0 Å². The second-order valence-electron chi connectivity index (χ2n) is 3.24. The molecule has 1 aromatic rings. The zero-order valence-corrected chi connectivity index (χ0v) is 9.47. The molecule has 0 aliphatic carbocycles. The zero-order chi connectivity index (χ0) is 11.1. The van der Waals surface area contributed by atoms with Gasteiger partial charge in [0.25, 0.3) is 0 Å². The molecule has 2 amide bonds. The lowest BCUT2D eigenvalue weighted by Crippen LogP contribution is -2.29. The Balaban J connectivity index is 2.41. The number of rotatable bonds is 4. The molecule has 1 aromatic carbocycles. The number of benzene rings is 1. The fourth-order valence-electron chi connectivity index (χ4n) is 1.15. The zero-order valence-electron chi connectivity index (χ0n) is 8.72. The van der Waals surface area contributed by atoms with Crippen LogP contribution in [0.4, 0.5) is 10.5 Å². The van der Waals surface area contributed by atoms with Gasteiger partial charge in [-0.25, -0.2) is 4.79 Å². The van der Waals surface area contributed by atoms with Crippen LogP contribution in [0.15, 0.2) is 24.3 Å². The van der Waals surface area contributed by atoms with E-state index in [2.05, 4.69) is 10.6 Å². The largest absolute Gasteiger partial charge is 0.338 e. The first kappa shape index (κ1) is 11.9. The molecule has 82 valence electrons. The van der Waals surface area contributed by atoms with Gasteiger partial charge in [0.2, 0.25) is 0 Å². The van der Waals surface area contributed by atoms with Crippen LogP contribution < -0.4 is 10.6 Å². The van der Waals surface area contributed by atoms with E-state index in [1.807, 2.05) is 31.2 Å². The third kappa shape index (κ3) is 4.21. The number of hydrogen-bond acceptors (Lipinski definition) is 1. The molecule has 0 aliphatic heterocycles. The molecule has 0 saturated heterocycles. The van der Waals surface area contributed by atoms with Crippen LogP contribution in [-0.4, -0.2) is 18.5 Å². The maximum atomic E-state index is 11.4. The standard InChI is InChI=1S/C11H15ClN2O/c1-9-5-2-3-6-10(9)14-11(15)13-8-4-7-12/h2-3,5-6H,4,7-8H2,1H3,(H2,13,14,15). The van der Waals surface area contributed by atoms with Gasteiger partial charge in [-0.15, -0.1) is 11.6 Å². The lowest BCUT2D eigenvalue weighted by atomic mass is 10.2. The maximum Gasteiger partial charge on any atom is 0.319 e. The van der Waals surface area contributed by atoms with Crippen molar-refractivity contribution in [3.63, 3.8) is 0 Å². The van der Waals surface area contributed by atoms with Crippen molar-refractivity contribution in [1.29, 1.82) is 0 Å². The molecule has 0 atom stereocenters. The number of alkyl halides is 1. The van der Waals surface area contributed by atoms with Gasteiger partial charge in [-0.2, -0.15) is 0 Å². The molecular formula is C11H15ClN2O. The van der Waals surface area contributed by atoms with Crippen molar-refractivity contribution >= 4 is 23.3 Å². The number of carbonyl (C=O) groups excluding carboxylic acids is 1. The molecule has 0 unspecified atom stereocenters. The van der Waals surface area contributed by atoms with Crippen molar-refractivity contribution in [2.75, 3.05) is 17.7 Å². The minimum atomic E-state index is -0.186. The lowest BCUT2D eigenvalue weighted by molar-refractivity contribution is 0.252. The minimum Gasteiger partial charge on any atom is -0.338 e. The van der Waals surface area contributed by atoms with Crippen molar-refractivity contribution in [1.82, 2.24) is 5.32 Å². The van der Waals surface area contributed by atoms with Gasteiger partial charge >= 0.3 is 6.03 Å². The van der Waals surface area contributed by atoms with Crippen LogP contribution >= 0.6 is 11.6 Å². The number of aryl methyl sites for hydroxylation is 1. The minimum absolute atomic E-state index is 0.186. The van der Waals surface area contributed by atoms with Gasteiger partial charge in [-0.1, -0.05) is 18.2 Å². The summed E-state index contributed by atoms with van der Waals surface area (Å²) in [5.74, 6) is 0.560. The highest BCUT2D eigenvalue weighted by Crippen LogP contribution is 2.12. The topological polar surface area (TPSA) is 41.1 Å². The summed E-state index contributed by atoms with van der Waals surface area (Å²) < 4.78 is 0. The summed E-state index contributed by atoms with van der Waals surface area (Å²) >= 11 is 5.50. The predicted octanol–water partition coefficient (Wildman–Crippen LogP) is 2.75. The fraction of sp³-hybridized carbons (Fsp3) is 0.364. The molecule has 0 heterocycles. The summed E-state index contributed by atoms with van der Waals surface area (Å²) in [5, 5.41) is 5.50. The molecule has 3 nitrogen and oxygen atoms in total. The third-order valence-corrected chi connectivity index (χ3v) is 2.26. The Morgan fingerprint density at radius 2 is 2.13 bits per heavy atom. The number of anilines is 1. The van der Waals surface area contributed by atoms with E-state index in [0.717, 1.165) is 17.7 Å². The number of nitrogens with one attached hydrogen (secondary N) is 2. The average Bonchev–Trinajstić information content (AvgIpc) is 2.22. The second-order valence-corrected chi connectivity index (χ2v) is 3.62. The van der Waals surface area contributed by atoms with Crippen LogP contribution in [0.25, 0.3) is 0 Å². The van der Waals surface area contributed by atoms with Crippen molar-refractivity contribution in [2.24, 2.45) is 0 Å². The number of para-hydroxylation sites is 1. The van der Waals surface area contributed by atoms with E-state index in [-0.39, 0.29) is 6.03 Å². The molecule has 0 aliphatic rings. The second kappa shape index (κ2) is 6.30. The molecule has 0 bridgehead atoms. The summed E-state index contributed by atoms with van der Waals surface area (Å²) in [6.07, 6.45) is 0.781. The van der Waals surface area contributed by atoms with E-state index in [9.17, 15) is 4.79 Å². The fourth-order valence-corrected chi connectivity index (χ4v) is 1.28. The van der Waals surface area contributed by atoms with E-state index in [0.29, 0.717) is 12.4 Å². The van der Waals surface area contributed by atoms with Gasteiger partial charge in [-0.05, 0) is 25.0 Å². The van der Waals surface area contributed by atoms with Crippen LogP contribution in [0, 0.1) is 6.92 Å². The SMILES string of the molecule is Cc1ccccc1NC(=O)NCCCCl. The molecule has 2 N–H and O–H groups in total. The van der Waals surface area contributed by atoms with Crippen LogP contribution in [0.1, 0.15) is 12.0 Å². The van der Waals surface area contributed by atoms with Gasteiger partial charge < -0.3 is 10.6 Å². The number of urea groups is 1. The molecule has 4 heteroatoms. The van der Waals surface area contributed by atoms with Gasteiger partial charge in [-0.3, -0.25) is 0 Å². The van der Waals surface area contributed by atoms with Gasteiger partial charge in [0.1, 0.15) is 0 Å². The smallest absolute Gasteiger partial charge is 0.319 e. The highest BCUT2D eigenvalue weighted by molar-refractivity contribution is 6.17. The molecule has 0 saturated carbocycles. The molecule has 0 aromatic heterocycles. The predicted molar refractivity (Wildman–Crippen MR) is 63.5 cm³/mol. The van der Waals surface area contributed by atoms with E-state index >= 15 is 0 Å². The maximum absolute atomic E-state index is 11.4. The van der Waals surface area contributed by atoms with Gasteiger partial charge in [0, 0.05) is 18.1 Å². The summed E-state index contributed by atoms with van der Waals surface area (Å²) in [6.45, 7) is 2.55. The molecule has 0 fully saturated rings. The van der Waals surface area contributed by atoms with Crippen molar-refractivity contribution in [2.45, 2.75) is 13.3 Å². The number of carbonyl (C=O) groups is 1. The molecule has 0 spiro atoms. The highest BCUT2D eigenvalue weighted by atomic mass is 35.5. The Kier molecular flexibility index (Phi) is 4.98. The van der Waals surface area contributed by atoms with E-state index in [4.69, 9.17) is 11.6 Å². The normalized spacial score (nSPS) is 9.73. The summed E-state index contributed by atoms with van der Waals surface area (Å²) in [5.41, 5.74) is 1.88. The lowest BCUT2D eigenvalue weighted by Gasteiger charge is -2.08. The Hall–Kier alpha value is -1.22. The molecule has 0 radical (unpaired) electrons. The first-order valence-corrected chi connectivity index (χ1v) is 5.44.